The summed E-state index contributed by atoms with van der Waals surface area (Å²) in [5.74, 6) is 0.785. The summed E-state index contributed by atoms with van der Waals surface area (Å²) < 4.78 is 5.83. The topological polar surface area (TPSA) is 49.9 Å². The van der Waals surface area contributed by atoms with Crippen LogP contribution in [0, 0.1) is 0 Å². The van der Waals surface area contributed by atoms with Crippen molar-refractivity contribution in [1.82, 2.24) is 9.80 Å². The van der Waals surface area contributed by atoms with Gasteiger partial charge in [0.25, 0.3) is 5.91 Å². The van der Waals surface area contributed by atoms with Crippen molar-refractivity contribution in [3.63, 3.8) is 0 Å². The van der Waals surface area contributed by atoms with E-state index in [1.165, 1.54) is 5.56 Å². The lowest BCUT2D eigenvalue weighted by Crippen LogP contribution is -2.39. The minimum absolute atomic E-state index is 0.0418. The van der Waals surface area contributed by atoms with Crippen molar-refractivity contribution in [1.29, 1.82) is 0 Å². The van der Waals surface area contributed by atoms with Crippen LogP contribution in [0.2, 0.25) is 0 Å². The third-order valence-corrected chi connectivity index (χ3v) is 5.69. The first kappa shape index (κ1) is 18.5. The van der Waals surface area contributed by atoms with E-state index in [1.54, 1.807) is 6.92 Å². The monoisotopic (exact) mass is 378 g/mol. The summed E-state index contributed by atoms with van der Waals surface area (Å²) in [6, 6.07) is 16.0. The number of hydrogen-bond acceptors (Lipinski definition) is 3. The summed E-state index contributed by atoms with van der Waals surface area (Å²) in [4.78, 5) is 28.3. The predicted octanol–water partition coefficient (Wildman–Crippen LogP) is 3.18. The molecule has 0 spiro atoms. The lowest BCUT2D eigenvalue weighted by Gasteiger charge is -2.37. The molecule has 0 N–H and O–H groups in total. The first-order valence-corrected chi connectivity index (χ1v) is 9.99. The number of likely N-dealkylation sites (tertiary alicyclic amines) is 1. The van der Waals surface area contributed by atoms with Crippen LogP contribution in [0.1, 0.15) is 42.5 Å². The van der Waals surface area contributed by atoms with Crippen LogP contribution in [-0.4, -0.2) is 47.9 Å². The molecule has 0 saturated carbocycles. The summed E-state index contributed by atoms with van der Waals surface area (Å²) >= 11 is 0. The van der Waals surface area contributed by atoms with E-state index < -0.39 is 0 Å². The molecule has 2 amide bonds. The van der Waals surface area contributed by atoms with Crippen LogP contribution in [0.4, 0.5) is 0 Å². The molecule has 0 aliphatic carbocycles. The minimum Gasteiger partial charge on any atom is -0.484 e. The first-order valence-electron chi connectivity index (χ1n) is 9.99. The van der Waals surface area contributed by atoms with Crippen molar-refractivity contribution in [2.24, 2.45) is 0 Å². The molecule has 1 saturated heterocycles. The highest BCUT2D eigenvalue weighted by Gasteiger charge is 2.30. The molecule has 2 aromatic rings. The second-order valence-corrected chi connectivity index (χ2v) is 7.51. The zero-order chi connectivity index (χ0) is 19.5. The average Bonchev–Trinajstić information content (AvgIpc) is 3.26. The van der Waals surface area contributed by atoms with E-state index in [4.69, 9.17) is 4.74 Å². The van der Waals surface area contributed by atoms with E-state index in [2.05, 4.69) is 18.2 Å². The highest BCUT2D eigenvalue weighted by molar-refractivity contribution is 5.78. The first-order chi connectivity index (χ1) is 13.6. The molecule has 5 nitrogen and oxygen atoms in total. The normalized spacial score (nSPS) is 18.7. The van der Waals surface area contributed by atoms with Crippen LogP contribution >= 0.6 is 0 Å². The number of amides is 2. The summed E-state index contributed by atoms with van der Waals surface area (Å²) in [6.45, 7) is 4.04. The molecule has 1 atom stereocenters. The molecule has 28 heavy (non-hydrogen) atoms. The van der Waals surface area contributed by atoms with Gasteiger partial charge < -0.3 is 14.5 Å². The fourth-order valence-corrected chi connectivity index (χ4v) is 4.22. The number of benzene rings is 2. The standard InChI is InChI=1S/C23H26N2O3/c1-17(26)25-14-11-18-9-10-20(28-16-22(27)24-12-5-6-13-24)15-21(18)23(25)19-7-3-2-4-8-19/h2-4,7-10,15,23H,5-6,11-14,16H2,1H3. The zero-order valence-electron chi connectivity index (χ0n) is 16.3. The van der Waals surface area contributed by atoms with E-state index in [0.717, 1.165) is 43.5 Å². The molecule has 4 rings (SSSR count). The van der Waals surface area contributed by atoms with Gasteiger partial charge in [-0.1, -0.05) is 36.4 Å². The van der Waals surface area contributed by atoms with Crippen LogP contribution < -0.4 is 4.74 Å². The number of rotatable bonds is 4. The van der Waals surface area contributed by atoms with Crippen LogP contribution in [0.5, 0.6) is 5.75 Å². The second kappa shape index (κ2) is 8.05. The molecule has 0 aromatic heterocycles. The Morgan fingerprint density at radius 2 is 1.79 bits per heavy atom. The Morgan fingerprint density at radius 1 is 1.04 bits per heavy atom. The molecular formula is C23H26N2O3. The van der Waals surface area contributed by atoms with Crippen LogP contribution in [0.25, 0.3) is 0 Å². The Bertz CT molecular complexity index is 859. The Hall–Kier alpha value is -2.82. The number of nitrogens with zero attached hydrogens (tertiary/aromatic N) is 2. The second-order valence-electron chi connectivity index (χ2n) is 7.51. The Kier molecular flexibility index (Phi) is 5.33. The van der Waals surface area contributed by atoms with Gasteiger partial charge in [0.05, 0.1) is 6.04 Å². The number of hydrogen-bond donors (Lipinski definition) is 0. The summed E-state index contributed by atoms with van der Waals surface area (Å²) in [5.41, 5.74) is 3.40. The average molecular weight is 378 g/mol. The molecule has 1 fully saturated rings. The molecule has 0 radical (unpaired) electrons. The van der Waals surface area contributed by atoms with Crippen LogP contribution in [0.15, 0.2) is 48.5 Å². The SMILES string of the molecule is CC(=O)N1CCc2ccc(OCC(=O)N3CCCC3)cc2C1c1ccccc1. The quantitative estimate of drug-likeness (QED) is 0.821. The predicted molar refractivity (Wildman–Crippen MR) is 107 cm³/mol. The van der Waals surface area contributed by atoms with Gasteiger partial charge in [0.1, 0.15) is 5.75 Å². The largest absolute Gasteiger partial charge is 0.484 e. The van der Waals surface area contributed by atoms with Gasteiger partial charge in [0.2, 0.25) is 5.91 Å². The number of carbonyl (C=O) groups is 2. The van der Waals surface area contributed by atoms with Gasteiger partial charge in [-0.25, -0.2) is 0 Å². The van der Waals surface area contributed by atoms with E-state index in [1.807, 2.05) is 40.1 Å². The molecule has 2 aliphatic heterocycles. The maximum absolute atomic E-state index is 12.3. The van der Waals surface area contributed by atoms with Gasteiger partial charge >= 0.3 is 0 Å². The van der Waals surface area contributed by atoms with E-state index in [-0.39, 0.29) is 24.5 Å². The maximum Gasteiger partial charge on any atom is 0.260 e. The van der Waals surface area contributed by atoms with Gasteiger partial charge in [-0.05, 0) is 48.1 Å². The van der Waals surface area contributed by atoms with Crippen LogP contribution in [0.3, 0.4) is 0 Å². The van der Waals surface area contributed by atoms with E-state index in [9.17, 15) is 9.59 Å². The van der Waals surface area contributed by atoms with Crippen molar-refractivity contribution in [3.05, 3.63) is 65.2 Å². The Labute approximate surface area is 165 Å². The van der Waals surface area contributed by atoms with Gasteiger partial charge in [0.15, 0.2) is 6.61 Å². The van der Waals surface area contributed by atoms with Crippen molar-refractivity contribution in [2.75, 3.05) is 26.2 Å². The molecule has 2 aliphatic rings. The molecule has 0 bridgehead atoms. The molecular weight excluding hydrogens is 352 g/mol. The third kappa shape index (κ3) is 3.75. The van der Waals surface area contributed by atoms with Gasteiger partial charge in [-0.15, -0.1) is 0 Å². The summed E-state index contributed by atoms with van der Waals surface area (Å²) in [6.07, 6.45) is 2.97. The van der Waals surface area contributed by atoms with Crippen molar-refractivity contribution in [2.45, 2.75) is 32.2 Å². The van der Waals surface area contributed by atoms with Crippen molar-refractivity contribution < 1.29 is 14.3 Å². The number of ether oxygens (including phenoxy) is 1. The highest BCUT2D eigenvalue weighted by Crippen LogP contribution is 2.37. The van der Waals surface area contributed by atoms with Gasteiger partial charge in [0, 0.05) is 26.6 Å². The fraction of sp³-hybridized carbons (Fsp3) is 0.391. The molecule has 146 valence electrons. The molecule has 2 heterocycles. The number of carbonyl (C=O) groups excluding carboxylic acids is 2. The minimum atomic E-state index is -0.125. The van der Waals surface area contributed by atoms with E-state index >= 15 is 0 Å². The lowest BCUT2D eigenvalue weighted by atomic mass is 9.88. The molecule has 1 unspecified atom stereocenters. The summed E-state index contributed by atoms with van der Waals surface area (Å²) in [5, 5.41) is 0. The number of fused-ring (bicyclic) bond motifs is 1. The Balaban J connectivity index is 1.59. The highest BCUT2D eigenvalue weighted by atomic mass is 16.5. The zero-order valence-corrected chi connectivity index (χ0v) is 16.3. The maximum atomic E-state index is 12.3. The molecule has 5 heteroatoms. The Morgan fingerprint density at radius 3 is 2.50 bits per heavy atom. The van der Waals surface area contributed by atoms with Gasteiger partial charge in [-0.2, -0.15) is 0 Å². The fourth-order valence-electron chi connectivity index (χ4n) is 4.22. The van der Waals surface area contributed by atoms with Crippen LogP contribution in [-0.2, 0) is 16.0 Å². The molecule has 2 aromatic carbocycles. The van der Waals surface area contributed by atoms with Crippen molar-refractivity contribution in [3.8, 4) is 5.75 Å². The van der Waals surface area contributed by atoms with Gasteiger partial charge in [-0.3, -0.25) is 9.59 Å². The smallest absolute Gasteiger partial charge is 0.260 e. The third-order valence-electron chi connectivity index (χ3n) is 5.69. The lowest BCUT2D eigenvalue weighted by molar-refractivity contribution is -0.132. The van der Waals surface area contributed by atoms with E-state index in [0.29, 0.717) is 12.3 Å². The summed E-state index contributed by atoms with van der Waals surface area (Å²) in [7, 11) is 0. The van der Waals surface area contributed by atoms with Crippen molar-refractivity contribution >= 4 is 11.8 Å².